The Morgan fingerprint density at radius 1 is 0.978 bits per heavy atom. The van der Waals surface area contributed by atoms with E-state index < -0.39 is 39.9 Å². The van der Waals surface area contributed by atoms with Crippen LogP contribution in [0.2, 0.25) is 0 Å². The third-order valence-corrected chi connectivity index (χ3v) is 9.23. The lowest BCUT2D eigenvalue weighted by Gasteiger charge is -2.52. The van der Waals surface area contributed by atoms with E-state index >= 15 is 0 Å². The van der Waals surface area contributed by atoms with Gasteiger partial charge in [-0.1, -0.05) is 66.7 Å². The Labute approximate surface area is 258 Å². The molecule has 3 aliphatic carbocycles. The smallest absolute Gasteiger partial charge is 0.293 e. The van der Waals surface area contributed by atoms with Gasteiger partial charge in [0.15, 0.2) is 0 Å². The van der Waals surface area contributed by atoms with Crippen molar-refractivity contribution in [2.75, 3.05) is 12.0 Å². The van der Waals surface area contributed by atoms with Gasteiger partial charge in [-0.05, 0) is 58.5 Å². The van der Waals surface area contributed by atoms with E-state index in [1.54, 1.807) is 50.6 Å². The number of imide groups is 1. The quantitative estimate of drug-likeness (QED) is 0.140. The van der Waals surface area contributed by atoms with Gasteiger partial charge < -0.3 is 4.74 Å². The molecule has 0 unspecified atom stereocenters. The molecule has 1 aliphatic heterocycles. The predicted molar refractivity (Wildman–Crippen MR) is 166 cm³/mol. The van der Waals surface area contributed by atoms with Gasteiger partial charge >= 0.3 is 0 Å². The molecule has 4 aromatic carbocycles. The molecule has 8 rings (SSSR count). The maximum absolute atomic E-state index is 14.5. The molecule has 0 saturated carbocycles. The highest BCUT2D eigenvalue weighted by Crippen LogP contribution is 2.64. The summed E-state index contributed by atoms with van der Waals surface area (Å²) < 4.78 is 5.19. The van der Waals surface area contributed by atoms with Crippen molar-refractivity contribution in [3.8, 4) is 5.75 Å². The molecule has 4 aliphatic rings. The minimum Gasteiger partial charge on any atom is -0.497 e. The normalized spacial score (nSPS) is 22.6. The first-order chi connectivity index (χ1) is 21.8. The number of hydrogen-bond donors (Lipinski definition) is 1. The zero-order chi connectivity index (χ0) is 31.5. The second kappa shape index (κ2) is 10.5. The third kappa shape index (κ3) is 4.16. The van der Waals surface area contributed by atoms with Crippen LogP contribution in [-0.2, 0) is 26.2 Å². The summed E-state index contributed by atoms with van der Waals surface area (Å²) in [5.41, 5.74) is 5.82. The molecule has 10 heteroatoms. The summed E-state index contributed by atoms with van der Waals surface area (Å²) >= 11 is 0. The molecule has 1 N–H and O–H groups in total. The largest absolute Gasteiger partial charge is 0.497 e. The number of hydrogen-bond acceptors (Lipinski definition) is 7. The number of nitro groups is 1. The maximum atomic E-state index is 14.5. The zero-order valence-corrected chi connectivity index (χ0v) is 24.5. The zero-order valence-electron chi connectivity index (χ0n) is 24.5. The summed E-state index contributed by atoms with van der Waals surface area (Å²) in [5, 5.41) is 16.5. The first-order valence-electron chi connectivity index (χ1n) is 14.5. The van der Waals surface area contributed by atoms with E-state index in [-0.39, 0.29) is 23.7 Å². The number of anilines is 1. The van der Waals surface area contributed by atoms with Crippen LogP contribution in [-0.4, -0.2) is 36.0 Å². The Hall–Kier alpha value is -5.64. The van der Waals surface area contributed by atoms with Crippen LogP contribution in [0.3, 0.4) is 0 Å². The number of nitro benzene ring substituents is 1. The first-order valence-corrected chi connectivity index (χ1v) is 14.5. The van der Waals surface area contributed by atoms with Gasteiger partial charge in [-0.3, -0.25) is 24.5 Å². The van der Waals surface area contributed by atoms with Gasteiger partial charge in [0.25, 0.3) is 5.69 Å². The van der Waals surface area contributed by atoms with Crippen LogP contribution >= 0.6 is 0 Å². The second-order valence-electron chi connectivity index (χ2n) is 11.6. The van der Waals surface area contributed by atoms with E-state index in [1.807, 2.05) is 48.5 Å². The molecule has 0 aromatic heterocycles. The molecule has 0 spiro atoms. The molecule has 0 radical (unpaired) electrons. The van der Waals surface area contributed by atoms with Gasteiger partial charge in [0.2, 0.25) is 17.7 Å². The van der Waals surface area contributed by atoms with Crippen LogP contribution in [0, 0.1) is 28.9 Å². The van der Waals surface area contributed by atoms with Crippen molar-refractivity contribution in [2.24, 2.45) is 16.9 Å². The van der Waals surface area contributed by atoms with Crippen molar-refractivity contribution in [1.82, 2.24) is 5.43 Å². The average molecular weight is 601 g/mol. The number of aryl methyl sites for hydroxylation is 1. The average Bonchev–Trinajstić information content (AvgIpc) is 3.32. The Morgan fingerprint density at radius 2 is 1.62 bits per heavy atom. The van der Waals surface area contributed by atoms with Crippen LogP contribution < -0.4 is 15.1 Å². The molecule has 1 heterocycles. The highest BCUT2D eigenvalue weighted by Gasteiger charge is 2.68. The second-order valence-corrected chi connectivity index (χ2v) is 11.6. The number of benzene rings is 4. The fourth-order valence-corrected chi connectivity index (χ4v) is 7.43. The monoisotopic (exact) mass is 600 g/mol. The lowest BCUT2D eigenvalue weighted by atomic mass is 9.47. The number of nitrogens with one attached hydrogen (secondary N) is 1. The van der Waals surface area contributed by atoms with Crippen LogP contribution in [0.25, 0.3) is 0 Å². The third-order valence-electron chi connectivity index (χ3n) is 9.23. The summed E-state index contributed by atoms with van der Waals surface area (Å²) in [7, 11) is 1.57. The Morgan fingerprint density at radius 3 is 2.24 bits per heavy atom. The topological polar surface area (TPSA) is 131 Å². The van der Waals surface area contributed by atoms with Crippen LogP contribution in [0.15, 0.2) is 96.1 Å². The Balaban J connectivity index is 1.34. The van der Waals surface area contributed by atoms with Crippen molar-refractivity contribution in [3.63, 3.8) is 0 Å². The number of carbonyl (C=O) groups excluding carboxylic acids is 3. The lowest BCUT2D eigenvalue weighted by Crippen LogP contribution is -2.54. The lowest BCUT2D eigenvalue weighted by molar-refractivity contribution is -0.384. The molecule has 10 nitrogen and oxygen atoms in total. The molecule has 1 saturated heterocycles. The summed E-state index contributed by atoms with van der Waals surface area (Å²) in [5.74, 6) is -2.92. The van der Waals surface area contributed by atoms with Gasteiger partial charge in [-0.15, -0.1) is 0 Å². The summed E-state index contributed by atoms with van der Waals surface area (Å²) in [4.78, 5) is 54.3. The number of nitrogens with zero attached hydrogens (tertiary/aromatic N) is 3. The molecule has 4 aromatic rings. The van der Waals surface area contributed by atoms with E-state index in [1.165, 1.54) is 12.1 Å². The van der Waals surface area contributed by atoms with E-state index in [0.29, 0.717) is 11.3 Å². The number of hydrazone groups is 1. The Bertz CT molecular complexity index is 1890. The fourth-order valence-electron chi connectivity index (χ4n) is 7.43. The van der Waals surface area contributed by atoms with Gasteiger partial charge in [0.05, 0.1) is 35.7 Å². The molecule has 2 atom stereocenters. The van der Waals surface area contributed by atoms with E-state index in [4.69, 9.17) is 4.74 Å². The fraction of sp³-hybridized carbons (Fsp3) is 0.200. The van der Waals surface area contributed by atoms with E-state index in [0.717, 1.165) is 32.7 Å². The maximum Gasteiger partial charge on any atom is 0.293 e. The van der Waals surface area contributed by atoms with Crippen molar-refractivity contribution in [2.45, 2.75) is 24.7 Å². The first kappa shape index (κ1) is 28.1. The summed E-state index contributed by atoms with van der Waals surface area (Å²) in [6.45, 7) is 1.71. The highest BCUT2D eigenvalue weighted by atomic mass is 16.6. The number of methoxy groups -OCH3 is 1. The number of amides is 3. The van der Waals surface area contributed by atoms with Gasteiger partial charge in [-0.25, -0.2) is 10.3 Å². The van der Waals surface area contributed by atoms with Crippen LogP contribution in [0.1, 0.15) is 39.3 Å². The van der Waals surface area contributed by atoms with Crippen LogP contribution in [0.5, 0.6) is 5.75 Å². The van der Waals surface area contributed by atoms with Crippen LogP contribution in [0.4, 0.5) is 11.4 Å². The van der Waals surface area contributed by atoms with Crippen molar-refractivity contribution >= 4 is 35.3 Å². The number of ether oxygens (including phenoxy) is 1. The molecule has 224 valence electrons. The van der Waals surface area contributed by atoms with Crippen molar-refractivity contribution in [1.29, 1.82) is 0 Å². The van der Waals surface area contributed by atoms with Gasteiger partial charge in [0, 0.05) is 18.2 Å². The molecule has 45 heavy (non-hydrogen) atoms. The van der Waals surface area contributed by atoms with Crippen molar-refractivity contribution < 1.29 is 24.0 Å². The van der Waals surface area contributed by atoms with Gasteiger partial charge in [0.1, 0.15) is 11.4 Å². The molecule has 1 fully saturated rings. The molecule has 2 bridgehead atoms. The molecular formula is C35H28N4O6. The minimum absolute atomic E-state index is 0.0533. The number of rotatable bonds is 7. The summed E-state index contributed by atoms with van der Waals surface area (Å²) in [6, 6.07) is 26.9. The van der Waals surface area contributed by atoms with Crippen molar-refractivity contribution in [3.05, 3.63) is 134 Å². The predicted octanol–water partition coefficient (Wildman–Crippen LogP) is 4.81. The molecule has 3 amide bonds. The highest BCUT2D eigenvalue weighted by molar-refractivity contribution is 6.25. The standard InChI is InChI=1S/C35H28N4O6/c1-20-11-16-27(28(17-20)39(43)44)38-33(41)31-30-23-7-3-5-9-25(23)35(32(31)34(38)42,26-10-6-4-8-24(26)30)19-36-37-29(40)18-21-12-14-22(45-2)15-13-21/h3-17,19,30-32H,18H2,1-2H3,(H,37,40)/b36-19-/t30?,31-,32+,35?/m1/s1. The minimum atomic E-state index is -1.22. The molecular weight excluding hydrogens is 572 g/mol. The van der Waals surface area contributed by atoms with Gasteiger partial charge in [-0.2, -0.15) is 5.10 Å². The van der Waals surface area contributed by atoms with E-state index in [2.05, 4.69) is 10.5 Å². The van der Waals surface area contributed by atoms with E-state index in [9.17, 15) is 24.5 Å². The Kier molecular flexibility index (Phi) is 6.58. The summed E-state index contributed by atoms with van der Waals surface area (Å²) in [6.07, 6.45) is 1.64. The number of carbonyl (C=O) groups is 3. The SMILES string of the molecule is COc1ccc(CC(=O)N/N=C\C23c4ccccc4C(c4ccccc42)[C@H]2C(=O)N(c4ccc(C)cc4[N+](=O)[O-])C(=O)[C@H]23)cc1.